The van der Waals surface area contributed by atoms with Crippen LogP contribution < -0.4 is 5.73 Å². The Morgan fingerprint density at radius 1 is 1.41 bits per heavy atom. The maximum absolute atomic E-state index is 11.0. The van der Waals surface area contributed by atoms with Crippen molar-refractivity contribution >= 4 is 6.29 Å². The van der Waals surface area contributed by atoms with Crippen molar-refractivity contribution in [1.29, 1.82) is 0 Å². The van der Waals surface area contributed by atoms with E-state index in [1.807, 2.05) is 4.90 Å². The Balaban J connectivity index is 2.39. The van der Waals surface area contributed by atoms with Crippen LogP contribution >= 0.6 is 0 Å². The molecule has 1 aromatic heterocycles. The van der Waals surface area contributed by atoms with Crippen molar-refractivity contribution in [2.45, 2.75) is 24.6 Å². The second kappa shape index (κ2) is 4.91. The summed E-state index contributed by atoms with van der Waals surface area (Å²) in [5.74, 6) is 0. The number of nitrogens with zero attached hydrogens (tertiary/aromatic N) is 2. The molecule has 0 spiro atoms. The van der Waals surface area contributed by atoms with Crippen LogP contribution in [0, 0.1) is 0 Å². The number of nitrogens with two attached hydrogens (primary N) is 1. The fraction of sp³-hybridized carbons (Fsp3) is 0.500. The average molecular weight is 235 g/mol. The number of carbonyl (C=O) groups excluding carboxylic acids is 1. The molecule has 1 aliphatic heterocycles. The first kappa shape index (κ1) is 12.2. The maximum atomic E-state index is 11.0. The van der Waals surface area contributed by atoms with Crippen LogP contribution in [0.4, 0.5) is 0 Å². The van der Waals surface area contributed by atoms with E-state index in [0.717, 1.165) is 25.9 Å². The lowest BCUT2D eigenvalue weighted by Crippen LogP contribution is -2.57. The number of aldehydes is 1. The lowest BCUT2D eigenvalue weighted by molar-refractivity contribution is -0.139. The van der Waals surface area contributed by atoms with Gasteiger partial charge in [0.15, 0.2) is 5.72 Å². The summed E-state index contributed by atoms with van der Waals surface area (Å²) in [6.07, 6.45) is 5.80. The molecule has 0 radical (unpaired) electrons. The highest BCUT2D eigenvalue weighted by atomic mass is 16.3. The van der Waals surface area contributed by atoms with E-state index in [1.54, 1.807) is 24.5 Å². The second-order valence-corrected chi connectivity index (χ2v) is 4.32. The molecule has 5 nitrogen and oxygen atoms in total. The molecule has 92 valence electrons. The summed E-state index contributed by atoms with van der Waals surface area (Å²) in [4.78, 5) is 16.7. The molecule has 0 amide bonds. The van der Waals surface area contributed by atoms with Crippen LogP contribution in [0.5, 0.6) is 0 Å². The number of hydrogen-bond donors (Lipinski definition) is 2. The number of carbonyl (C=O) groups is 1. The molecule has 5 heteroatoms. The van der Waals surface area contributed by atoms with Gasteiger partial charge in [-0.15, -0.1) is 0 Å². The fourth-order valence-corrected chi connectivity index (χ4v) is 2.34. The lowest BCUT2D eigenvalue weighted by atomic mass is 9.95. The quantitative estimate of drug-likeness (QED) is 0.709. The third-order valence-corrected chi connectivity index (χ3v) is 3.30. The summed E-state index contributed by atoms with van der Waals surface area (Å²) in [6.45, 7) is 1.50. The Kier molecular flexibility index (Phi) is 3.51. The Hall–Kier alpha value is -1.30. The molecular formula is C12H17N3O2. The smallest absolute Gasteiger partial charge is 0.166 e. The molecule has 0 unspecified atom stereocenters. The SMILES string of the molecule is N[C@@H](C=O)[C@@](O)(c1ccncc1)N1CCCC1. The lowest BCUT2D eigenvalue weighted by Gasteiger charge is -2.39. The second-order valence-electron chi connectivity index (χ2n) is 4.32. The van der Waals surface area contributed by atoms with Crippen LogP contribution in [0.3, 0.4) is 0 Å². The largest absolute Gasteiger partial charge is 0.369 e. The van der Waals surface area contributed by atoms with Crippen molar-refractivity contribution < 1.29 is 9.90 Å². The predicted molar refractivity (Wildman–Crippen MR) is 63.0 cm³/mol. The van der Waals surface area contributed by atoms with Crippen LogP contribution in [0.25, 0.3) is 0 Å². The molecule has 0 aromatic carbocycles. The minimum Gasteiger partial charge on any atom is -0.369 e. The van der Waals surface area contributed by atoms with Gasteiger partial charge in [-0.05, 0) is 25.0 Å². The summed E-state index contributed by atoms with van der Waals surface area (Å²) in [5, 5.41) is 10.8. The molecule has 17 heavy (non-hydrogen) atoms. The van der Waals surface area contributed by atoms with Gasteiger partial charge in [-0.1, -0.05) is 0 Å². The van der Waals surface area contributed by atoms with Crippen molar-refractivity contribution in [1.82, 2.24) is 9.88 Å². The minimum atomic E-state index is -1.42. The molecule has 1 saturated heterocycles. The van der Waals surface area contributed by atoms with Crippen LogP contribution in [0.1, 0.15) is 18.4 Å². The number of aromatic nitrogens is 1. The van der Waals surface area contributed by atoms with Gasteiger partial charge in [0, 0.05) is 31.0 Å². The Bertz CT molecular complexity index is 379. The molecule has 0 saturated carbocycles. The van der Waals surface area contributed by atoms with Gasteiger partial charge in [-0.3, -0.25) is 9.88 Å². The first-order chi connectivity index (χ1) is 8.19. The van der Waals surface area contributed by atoms with Gasteiger partial charge in [0.05, 0.1) is 0 Å². The van der Waals surface area contributed by atoms with Gasteiger partial charge in [0.2, 0.25) is 0 Å². The van der Waals surface area contributed by atoms with Crippen molar-refractivity contribution in [3.8, 4) is 0 Å². The third kappa shape index (κ3) is 2.09. The van der Waals surface area contributed by atoms with Crippen molar-refractivity contribution in [2.24, 2.45) is 5.73 Å². The third-order valence-electron chi connectivity index (χ3n) is 3.30. The van der Waals surface area contributed by atoms with Crippen LogP contribution in [0.15, 0.2) is 24.5 Å². The fourth-order valence-electron chi connectivity index (χ4n) is 2.34. The van der Waals surface area contributed by atoms with E-state index in [1.165, 1.54) is 0 Å². The highest BCUT2D eigenvalue weighted by molar-refractivity contribution is 5.60. The standard InChI is InChI=1S/C12H17N3O2/c13-11(9-16)12(17,15-7-1-2-8-15)10-3-5-14-6-4-10/h3-6,9,11,17H,1-2,7-8,13H2/t11-,12-/m0/s1. The summed E-state index contributed by atoms with van der Waals surface area (Å²) in [6, 6.07) is 2.44. The first-order valence-corrected chi connectivity index (χ1v) is 5.78. The van der Waals surface area contributed by atoms with E-state index in [0.29, 0.717) is 11.8 Å². The van der Waals surface area contributed by atoms with Crippen molar-refractivity contribution in [3.05, 3.63) is 30.1 Å². The monoisotopic (exact) mass is 235 g/mol. The normalized spacial score (nSPS) is 22.0. The van der Waals surface area contributed by atoms with Gasteiger partial charge < -0.3 is 15.6 Å². The molecule has 1 aliphatic rings. The van der Waals surface area contributed by atoms with E-state index < -0.39 is 11.8 Å². The molecule has 0 aliphatic carbocycles. The van der Waals surface area contributed by atoms with Crippen LogP contribution in [-0.4, -0.2) is 40.4 Å². The molecule has 3 N–H and O–H groups in total. The maximum Gasteiger partial charge on any atom is 0.166 e. The number of aliphatic hydroxyl groups is 1. The Morgan fingerprint density at radius 3 is 2.53 bits per heavy atom. The highest BCUT2D eigenvalue weighted by Crippen LogP contribution is 2.30. The zero-order valence-electron chi connectivity index (χ0n) is 9.62. The highest BCUT2D eigenvalue weighted by Gasteiger charge is 2.43. The Morgan fingerprint density at radius 2 is 2.00 bits per heavy atom. The van der Waals surface area contributed by atoms with Crippen LogP contribution in [-0.2, 0) is 10.5 Å². The van der Waals surface area contributed by atoms with Crippen molar-refractivity contribution in [2.75, 3.05) is 13.1 Å². The van der Waals surface area contributed by atoms with E-state index in [9.17, 15) is 9.90 Å². The van der Waals surface area contributed by atoms with Gasteiger partial charge in [-0.2, -0.15) is 0 Å². The average Bonchev–Trinajstić information content (AvgIpc) is 2.92. The van der Waals surface area contributed by atoms with E-state index in [2.05, 4.69) is 4.98 Å². The minimum absolute atomic E-state index is 0.596. The molecule has 2 rings (SSSR count). The zero-order valence-corrected chi connectivity index (χ0v) is 9.62. The number of hydrogen-bond acceptors (Lipinski definition) is 5. The van der Waals surface area contributed by atoms with Gasteiger partial charge in [-0.25, -0.2) is 0 Å². The molecule has 0 bridgehead atoms. The Labute approximate surface area is 100 Å². The van der Waals surface area contributed by atoms with Gasteiger partial charge in [0.25, 0.3) is 0 Å². The van der Waals surface area contributed by atoms with Crippen molar-refractivity contribution in [3.63, 3.8) is 0 Å². The van der Waals surface area contributed by atoms with E-state index in [-0.39, 0.29) is 0 Å². The summed E-state index contributed by atoms with van der Waals surface area (Å²) < 4.78 is 0. The summed E-state index contributed by atoms with van der Waals surface area (Å²) in [5.41, 5.74) is 4.99. The first-order valence-electron chi connectivity index (χ1n) is 5.78. The molecule has 1 aromatic rings. The predicted octanol–water partition coefficient (Wildman–Crippen LogP) is -0.151. The summed E-state index contributed by atoms with van der Waals surface area (Å²) in [7, 11) is 0. The topological polar surface area (TPSA) is 79.5 Å². The van der Waals surface area contributed by atoms with E-state index >= 15 is 0 Å². The summed E-state index contributed by atoms with van der Waals surface area (Å²) >= 11 is 0. The van der Waals surface area contributed by atoms with E-state index in [4.69, 9.17) is 5.73 Å². The molecule has 2 atom stereocenters. The zero-order chi connectivity index (χ0) is 12.3. The molecule has 1 fully saturated rings. The molecule has 2 heterocycles. The number of likely N-dealkylation sites (tertiary alicyclic amines) is 1. The number of pyridine rings is 1. The molecular weight excluding hydrogens is 218 g/mol. The van der Waals surface area contributed by atoms with Gasteiger partial charge in [0.1, 0.15) is 12.3 Å². The number of rotatable bonds is 4. The van der Waals surface area contributed by atoms with Gasteiger partial charge >= 0.3 is 0 Å². The van der Waals surface area contributed by atoms with Crippen LogP contribution in [0.2, 0.25) is 0 Å².